The summed E-state index contributed by atoms with van der Waals surface area (Å²) in [6.07, 6.45) is 7.84. The van der Waals surface area contributed by atoms with Crippen molar-refractivity contribution >= 4 is 11.8 Å². The molecule has 3 heterocycles. The Morgan fingerprint density at radius 3 is 2.79 bits per heavy atom. The van der Waals surface area contributed by atoms with Crippen LogP contribution in [0.1, 0.15) is 38.3 Å². The predicted molar refractivity (Wildman–Crippen MR) is 91.9 cm³/mol. The van der Waals surface area contributed by atoms with Crippen LogP contribution in [0.15, 0.2) is 30.6 Å². The van der Waals surface area contributed by atoms with Crippen LogP contribution >= 0.6 is 0 Å². The first-order valence-electron chi connectivity index (χ1n) is 8.47. The molecule has 0 spiro atoms. The van der Waals surface area contributed by atoms with Gasteiger partial charge in [0.15, 0.2) is 5.82 Å². The van der Waals surface area contributed by atoms with E-state index in [-0.39, 0.29) is 0 Å². The number of nitrogens with zero attached hydrogens (tertiary/aromatic N) is 4. The molecular formula is C18H22N4O2. The van der Waals surface area contributed by atoms with Gasteiger partial charge in [0.25, 0.3) is 0 Å². The van der Waals surface area contributed by atoms with Crippen LogP contribution in [0.3, 0.4) is 0 Å². The van der Waals surface area contributed by atoms with E-state index in [1.807, 2.05) is 23.1 Å². The van der Waals surface area contributed by atoms with Gasteiger partial charge in [-0.2, -0.15) is 0 Å². The van der Waals surface area contributed by atoms with Crippen molar-refractivity contribution in [2.45, 2.75) is 45.1 Å². The van der Waals surface area contributed by atoms with E-state index in [1.54, 1.807) is 12.4 Å². The summed E-state index contributed by atoms with van der Waals surface area (Å²) in [6, 6.07) is 5.18. The molecule has 0 radical (unpaired) electrons. The highest BCUT2D eigenvalue weighted by molar-refractivity contribution is 5.78. The Morgan fingerprint density at radius 1 is 1.29 bits per heavy atom. The van der Waals surface area contributed by atoms with Crippen LogP contribution in [-0.2, 0) is 11.2 Å². The molecule has 24 heavy (non-hydrogen) atoms. The summed E-state index contributed by atoms with van der Waals surface area (Å²) in [7, 11) is 0. The molecule has 1 unspecified atom stereocenters. The van der Waals surface area contributed by atoms with Crippen molar-refractivity contribution in [1.29, 1.82) is 0 Å². The maximum absolute atomic E-state index is 11.6. The molecule has 1 saturated heterocycles. The second kappa shape index (κ2) is 7.38. The van der Waals surface area contributed by atoms with Crippen molar-refractivity contribution in [1.82, 2.24) is 15.0 Å². The molecule has 0 saturated carbocycles. The number of anilines is 1. The van der Waals surface area contributed by atoms with Crippen molar-refractivity contribution in [3.8, 4) is 11.4 Å². The van der Waals surface area contributed by atoms with Gasteiger partial charge in [0.1, 0.15) is 11.9 Å². The average molecular weight is 326 g/mol. The molecule has 1 aliphatic rings. The zero-order chi connectivity index (χ0) is 16.9. The van der Waals surface area contributed by atoms with Crippen molar-refractivity contribution in [2.75, 3.05) is 11.4 Å². The average Bonchev–Trinajstić information content (AvgIpc) is 2.62. The van der Waals surface area contributed by atoms with E-state index in [0.717, 1.165) is 43.5 Å². The number of aryl methyl sites for hydroxylation is 1. The second-order valence-electron chi connectivity index (χ2n) is 6.07. The normalized spacial score (nSPS) is 17.7. The number of rotatable bonds is 5. The summed E-state index contributed by atoms with van der Waals surface area (Å²) in [4.78, 5) is 26.9. The van der Waals surface area contributed by atoms with Crippen LogP contribution in [0.2, 0.25) is 0 Å². The van der Waals surface area contributed by atoms with Crippen molar-refractivity contribution in [2.24, 2.45) is 0 Å². The number of hydrogen-bond donors (Lipinski definition) is 1. The molecule has 2 aromatic rings. The fourth-order valence-corrected chi connectivity index (χ4v) is 3.11. The number of carboxylic acid groups (broad SMARTS) is 1. The number of aromatic nitrogens is 3. The number of aliphatic carboxylic acids is 1. The Bertz CT molecular complexity index is 705. The summed E-state index contributed by atoms with van der Waals surface area (Å²) in [5.74, 6) is 0.566. The molecule has 1 atom stereocenters. The highest BCUT2D eigenvalue weighted by atomic mass is 16.4. The van der Waals surface area contributed by atoms with E-state index in [9.17, 15) is 9.90 Å². The first-order valence-corrected chi connectivity index (χ1v) is 8.47. The molecule has 1 fully saturated rings. The van der Waals surface area contributed by atoms with Gasteiger partial charge in [-0.05, 0) is 37.8 Å². The van der Waals surface area contributed by atoms with Gasteiger partial charge >= 0.3 is 5.97 Å². The van der Waals surface area contributed by atoms with Gasteiger partial charge in [0, 0.05) is 36.3 Å². The van der Waals surface area contributed by atoms with Crippen molar-refractivity contribution in [3.63, 3.8) is 0 Å². The van der Waals surface area contributed by atoms with Gasteiger partial charge in [0.05, 0.1) is 0 Å². The standard InChI is InChI=1S/C18H22N4O2/c1-2-5-14-12-16(22-11-4-3-6-15(22)18(23)24)21-17(20-14)13-7-9-19-10-8-13/h7-10,12,15H,2-6,11H2,1H3,(H,23,24). The van der Waals surface area contributed by atoms with E-state index < -0.39 is 12.0 Å². The summed E-state index contributed by atoms with van der Waals surface area (Å²) < 4.78 is 0. The van der Waals surface area contributed by atoms with Gasteiger partial charge < -0.3 is 10.0 Å². The molecule has 0 amide bonds. The van der Waals surface area contributed by atoms with Gasteiger partial charge in [0.2, 0.25) is 0 Å². The van der Waals surface area contributed by atoms with Crippen LogP contribution in [0.4, 0.5) is 5.82 Å². The largest absolute Gasteiger partial charge is 0.480 e. The highest BCUT2D eigenvalue weighted by Crippen LogP contribution is 2.26. The molecule has 0 aromatic carbocycles. The number of hydrogen-bond acceptors (Lipinski definition) is 5. The Hall–Kier alpha value is -2.50. The van der Waals surface area contributed by atoms with Gasteiger partial charge in [-0.3, -0.25) is 4.98 Å². The lowest BCUT2D eigenvalue weighted by molar-refractivity contribution is -0.139. The van der Waals surface area contributed by atoms with E-state index >= 15 is 0 Å². The Kier molecular flexibility index (Phi) is 5.03. The molecule has 0 aliphatic carbocycles. The van der Waals surface area contributed by atoms with Crippen LogP contribution < -0.4 is 4.90 Å². The molecule has 6 nitrogen and oxygen atoms in total. The van der Waals surface area contributed by atoms with Crippen LogP contribution in [0.25, 0.3) is 11.4 Å². The van der Waals surface area contributed by atoms with E-state index in [1.165, 1.54) is 0 Å². The summed E-state index contributed by atoms with van der Waals surface area (Å²) in [6.45, 7) is 2.82. The van der Waals surface area contributed by atoms with Gasteiger partial charge in [-0.25, -0.2) is 14.8 Å². The minimum absolute atomic E-state index is 0.506. The molecule has 1 aliphatic heterocycles. The summed E-state index contributed by atoms with van der Waals surface area (Å²) in [5.41, 5.74) is 1.84. The van der Waals surface area contributed by atoms with Gasteiger partial charge in [-0.15, -0.1) is 0 Å². The highest BCUT2D eigenvalue weighted by Gasteiger charge is 2.30. The SMILES string of the molecule is CCCc1cc(N2CCCCC2C(=O)O)nc(-c2ccncc2)n1. The number of pyridine rings is 1. The molecule has 0 bridgehead atoms. The van der Waals surface area contributed by atoms with Crippen LogP contribution in [-0.4, -0.2) is 38.6 Å². The molecule has 1 N–H and O–H groups in total. The fourth-order valence-electron chi connectivity index (χ4n) is 3.11. The molecule has 3 rings (SSSR count). The smallest absolute Gasteiger partial charge is 0.326 e. The molecular weight excluding hydrogens is 304 g/mol. The first kappa shape index (κ1) is 16.4. The molecule has 126 valence electrons. The maximum Gasteiger partial charge on any atom is 0.326 e. The van der Waals surface area contributed by atoms with Crippen LogP contribution in [0.5, 0.6) is 0 Å². The minimum Gasteiger partial charge on any atom is -0.480 e. The topological polar surface area (TPSA) is 79.2 Å². The zero-order valence-corrected chi connectivity index (χ0v) is 13.9. The third kappa shape index (κ3) is 3.53. The number of carboxylic acids is 1. The van der Waals surface area contributed by atoms with E-state index in [0.29, 0.717) is 18.1 Å². The Morgan fingerprint density at radius 2 is 2.08 bits per heavy atom. The van der Waals surface area contributed by atoms with E-state index in [4.69, 9.17) is 0 Å². The summed E-state index contributed by atoms with van der Waals surface area (Å²) >= 11 is 0. The van der Waals surface area contributed by atoms with E-state index in [2.05, 4.69) is 21.9 Å². The quantitative estimate of drug-likeness (QED) is 0.910. The minimum atomic E-state index is -0.782. The molecule has 6 heteroatoms. The first-order chi connectivity index (χ1) is 11.7. The maximum atomic E-state index is 11.6. The van der Waals surface area contributed by atoms with Crippen molar-refractivity contribution < 1.29 is 9.90 Å². The summed E-state index contributed by atoms with van der Waals surface area (Å²) in [5, 5.41) is 9.54. The Labute approximate surface area is 141 Å². The second-order valence-corrected chi connectivity index (χ2v) is 6.07. The lowest BCUT2D eigenvalue weighted by Crippen LogP contribution is -2.45. The third-order valence-corrected chi connectivity index (χ3v) is 4.29. The Balaban J connectivity index is 2.03. The lowest BCUT2D eigenvalue weighted by atomic mass is 10.0. The van der Waals surface area contributed by atoms with Crippen molar-refractivity contribution in [3.05, 3.63) is 36.3 Å². The fraction of sp³-hybridized carbons (Fsp3) is 0.444. The number of piperidine rings is 1. The predicted octanol–water partition coefficient (Wildman–Crippen LogP) is 2.93. The lowest BCUT2D eigenvalue weighted by Gasteiger charge is -2.34. The number of carbonyl (C=O) groups is 1. The van der Waals surface area contributed by atoms with Crippen LogP contribution in [0, 0.1) is 0 Å². The molecule has 2 aromatic heterocycles. The monoisotopic (exact) mass is 326 g/mol. The van der Waals surface area contributed by atoms with Gasteiger partial charge in [-0.1, -0.05) is 13.3 Å². The third-order valence-electron chi connectivity index (χ3n) is 4.29. The zero-order valence-electron chi connectivity index (χ0n) is 13.9.